The zero-order valence-electron chi connectivity index (χ0n) is 15.8. The summed E-state index contributed by atoms with van der Waals surface area (Å²) in [5, 5.41) is 2.95. The Morgan fingerprint density at radius 2 is 1.14 bits per heavy atom. The topological polar surface area (TPSA) is 0 Å². The van der Waals surface area contributed by atoms with Crippen molar-refractivity contribution in [2.24, 2.45) is 0 Å². The lowest BCUT2D eigenvalue weighted by Gasteiger charge is -2.28. The Bertz CT molecular complexity index is 1020. The minimum Gasteiger partial charge on any atom is -0.0622 e. The van der Waals surface area contributed by atoms with Gasteiger partial charge in [-0.15, -0.1) is 0 Å². The maximum absolute atomic E-state index is 2.34. The Kier molecular flexibility index (Phi) is 4.81. The van der Waals surface area contributed by atoms with E-state index < -0.39 is 7.92 Å². The molecule has 4 aromatic rings. The molecular formula is C27H23P. The van der Waals surface area contributed by atoms with E-state index in [2.05, 4.69) is 109 Å². The molecule has 5 rings (SSSR count). The third-order valence-electron chi connectivity index (χ3n) is 5.68. The molecule has 28 heavy (non-hydrogen) atoms. The van der Waals surface area contributed by atoms with Crippen LogP contribution >= 0.6 is 7.92 Å². The Labute approximate surface area is 168 Å². The molecule has 136 valence electrons. The first-order chi connectivity index (χ1) is 13.9. The van der Waals surface area contributed by atoms with Crippen molar-refractivity contribution >= 4 is 18.5 Å². The van der Waals surface area contributed by atoms with Crippen LogP contribution < -0.4 is 10.6 Å². The first-order valence-electron chi connectivity index (χ1n) is 9.98. The van der Waals surface area contributed by atoms with E-state index in [0.29, 0.717) is 5.66 Å². The zero-order chi connectivity index (χ0) is 18.8. The number of hydrogen-bond acceptors (Lipinski definition) is 0. The Morgan fingerprint density at radius 3 is 1.75 bits per heavy atom. The minimum atomic E-state index is -0.445. The van der Waals surface area contributed by atoms with Crippen LogP contribution in [0.4, 0.5) is 0 Å². The lowest BCUT2D eigenvalue weighted by atomic mass is 9.97. The number of benzene rings is 4. The average Bonchev–Trinajstić information content (AvgIpc) is 3.20. The summed E-state index contributed by atoms with van der Waals surface area (Å²) in [7, 11) is -0.445. The maximum Gasteiger partial charge on any atom is 0.0134 e. The van der Waals surface area contributed by atoms with Crippen molar-refractivity contribution in [1.29, 1.82) is 0 Å². The number of rotatable bonds is 4. The van der Waals surface area contributed by atoms with Gasteiger partial charge >= 0.3 is 0 Å². The van der Waals surface area contributed by atoms with Gasteiger partial charge in [-0.3, -0.25) is 0 Å². The highest BCUT2D eigenvalue weighted by atomic mass is 31.1. The molecule has 1 unspecified atom stereocenters. The van der Waals surface area contributed by atoms with Gasteiger partial charge in [-0.25, -0.2) is 0 Å². The standard InChI is InChI=1S/C27H23P/c1-4-11-21(12-5-1)25-18-10-13-22-19-20-26(27(22)25)28(23-14-6-2-7-15-23)24-16-8-3-9-17-24/h1-18,26H,19-20H2. The van der Waals surface area contributed by atoms with Crippen molar-refractivity contribution in [2.75, 3.05) is 0 Å². The summed E-state index contributed by atoms with van der Waals surface area (Å²) >= 11 is 0. The van der Waals surface area contributed by atoms with Gasteiger partial charge in [-0.2, -0.15) is 0 Å². The predicted octanol–water partition coefficient (Wildman–Crippen LogP) is 6.47. The van der Waals surface area contributed by atoms with E-state index in [-0.39, 0.29) is 0 Å². The summed E-state index contributed by atoms with van der Waals surface area (Å²) in [5.74, 6) is 0. The van der Waals surface area contributed by atoms with E-state index in [4.69, 9.17) is 0 Å². The molecule has 0 nitrogen and oxygen atoms in total. The van der Waals surface area contributed by atoms with Crippen LogP contribution in [-0.2, 0) is 6.42 Å². The van der Waals surface area contributed by atoms with Crippen LogP contribution in [0.1, 0.15) is 23.2 Å². The van der Waals surface area contributed by atoms with E-state index in [1.807, 2.05) is 0 Å². The van der Waals surface area contributed by atoms with Crippen molar-refractivity contribution in [3.63, 3.8) is 0 Å². The molecule has 1 atom stereocenters. The summed E-state index contributed by atoms with van der Waals surface area (Å²) in [6.45, 7) is 0. The molecule has 1 aliphatic carbocycles. The van der Waals surface area contributed by atoms with Gasteiger partial charge in [0.25, 0.3) is 0 Å². The zero-order valence-corrected chi connectivity index (χ0v) is 16.7. The Balaban J connectivity index is 1.68. The van der Waals surface area contributed by atoms with Gasteiger partial charge in [0.15, 0.2) is 0 Å². The van der Waals surface area contributed by atoms with Crippen molar-refractivity contribution in [2.45, 2.75) is 18.5 Å². The molecule has 0 radical (unpaired) electrons. The van der Waals surface area contributed by atoms with Crippen molar-refractivity contribution < 1.29 is 0 Å². The lowest BCUT2D eigenvalue weighted by molar-refractivity contribution is 0.885. The normalized spacial score (nSPS) is 15.5. The van der Waals surface area contributed by atoms with Crippen molar-refractivity contribution in [3.05, 3.63) is 120 Å². The third-order valence-corrected chi connectivity index (χ3v) is 8.53. The van der Waals surface area contributed by atoms with Gasteiger partial charge in [-0.05, 0) is 53.6 Å². The second kappa shape index (κ2) is 7.74. The molecule has 1 aliphatic rings. The van der Waals surface area contributed by atoms with Crippen LogP contribution in [0, 0.1) is 0 Å². The first kappa shape index (κ1) is 17.4. The quantitative estimate of drug-likeness (QED) is 0.357. The van der Waals surface area contributed by atoms with Crippen LogP contribution in [0.3, 0.4) is 0 Å². The van der Waals surface area contributed by atoms with Crippen LogP contribution in [-0.4, -0.2) is 0 Å². The van der Waals surface area contributed by atoms with Gasteiger partial charge in [0, 0.05) is 5.66 Å². The second-order valence-electron chi connectivity index (χ2n) is 7.34. The molecule has 4 aromatic carbocycles. The van der Waals surface area contributed by atoms with E-state index in [9.17, 15) is 0 Å². The molecule has 0 aliphatic heterocycles. The van der Waals surface area contributed by atoms with Gasteiger partial charge in [0.1, 0.15) is 0 Å². The van der Waals surface area contributed by atoms with Crippen molar-refractivity contribution in [1.82, 2.24) is 0 Å². The fourth-order valence-electron chi connectivity index (χ4n) is 4.47. The molecule has 0 heterocycles. The maximum atomic E-state index is 2.34. The highest BCUT2D eigenvalue weighted by Gasteiger charge is 2.33. The molecule has 0 fully saturated rings. The van der Waals surface area contributed by atoms with Crippen LogP contribution in [0.25, 0.3) is 11.1 Å². The summed E-state index contributed by atoms with van der Waals surface area (Å²) < 4.78 is 0. The lowest BCUT2D eigenvalue weighted by Crippen LogP contribution is -2.16. The number of fused-ring (bicyclic) bond motifs is 1. The van der Waals surface area contributed by atoms with Crippen LogP contribution in [0.15, 0.2) is 109 Å². The molecule has 0 bridgehead atoms. The van der Waals surface area contributed by atoms with E-state index >= 15 is 0 Å². The van der Waals surface area contributed by atoms with E-state index in [0.717, 1.165) is 0 Å². The number of hydrogen-bond donors (Lipinski definition) is 0. The van der Waals surface area contributed by atoms with Crippen LogP contribution in [0.5, 0.6) is 0 Å². The monoisotopic (exact) mass is 378 g/mol. The smallest absolute Gasteiger partial charge is 0.0134 e. The molecule has 0 amide bonds. The first-order valence-corrected chi connectivity index (χ1v) is 11.4. The van der Waals surface area contributed by atoms with Gasteiger partial charge in [-0.1, -0.05) is 109 Å². The fourth-order valence-corrected chi connectivity index (χ4v) is 7.43. The molecule has 0 aromatic heterocycles. The summed E-state index contributed by atoms with van der Waals surface area (Å²) in [5.41, 5.74) is 6.42. The summed E-state index contributed by atoms with van der Waals surface area (Å²) in [6.07, 6.45) is 2.41. The Hall–Kier alpha value is -2.69. The van der Waals surface area contributed by atoms with E-state index in [1.165, 1.54) is 40.1 Å². The highest BCUT2D eigenvalue weighted by Crippen LogP contribution is 2.57. The molecule has 0 spiro atoms. The predicted molar refractivity (Wildman–Crippen MR) is 122 cm³/mol. The SMILES string of the molecule is c1ccc(-c2cccc3c2C(P(c2ccccc2)c2ccccc2)CC3)cc1. The van der Waals surface area contributed by atoms with Crippen molar-refractivity contribution in [3.8, 4) is 11.1 Å². The molecule has 0 N–H and O–H groups in total. The second-order valence-corrected chi connectivity index (χ2v) is 9.74. The molecule has 0 saturated heterocycles. The largest absolute Gasteiger partial charge is 0.0622 e. The van der Waals surface area contributed by atoms with Gasteiger partial charge in [0.05, 0.1) is 0 Å². The summed E-state index contributed by atoms with van der Waals surface area (Å²) in [4.78, 5) is 0. The molecule has 0 saturated carbocycles. The minimum absolute atomic E-state index is 0.445. The molecule has 1 heteroatoms. The summed E-state index contributed by atoms with van der Waals surface area (Å²) in [6, 6.07) is 40.1. The number of aryl methyl sites for hydroxylation is 1. The molecular weight excluding hydrogens is 355 g/mol. The third kappa shape index (κ3) is 3.19. The fraction of sp³-hybridized carbons (Fsp3) is 0.111. The van der Waals surface area contributed by atoms with Gasteiger partial charge < -0.3 is 0 Å². The highest BCUT2D eigenvalue weighted by molar-refractivity contribution is 7.73. The van der Waals surface area contributed by atoms with Gasteiger partial charge in [0.2, 0.25) is 0 Å². The van der Waals surface area contributed by atoms with Crippen LogP contribution in [0.2, 0.25) is 0 Å². The Morgan fingerprint density at radius 1 is 0.571 bits per heavy atom. The average molecular weight is 378 g/mol. The van der Waals surface area contributed by atoms with E-state index in [1.54, 1.807) is 5.56 Å².